The average molecular weight is 471 g/mol. The summed E-state index contributed by atoms with van der Waals surface area (Å²) in [5, 5.41) is 1.67. The standard InChI is InChI=1S/C19H22N2O4S4/c1-5-15-11-17(20-28(22,23)18-10-13(3)27-14(18)4)16(9-12(15)2)21-29(24,25)19-7-6-8-26-19/h6-11,20-21H,5H2,1-4H3. The van der Waals surface area contributed by atoms with Crippen LogP contribution in [0.1, 0.15) is 27.8 Å². The molecule has 0 aliphatic rings. The predicted molar refractivity (Wildman–Crippen MR) is 120 cm³/mol. The maximum atomic E-state index is 13.0. The SMILES string of the molecule is CCc1cc(NS(=O)(=O)c2cc(C)sc2C)c(NS(=O)(=O)c2cccs2)cc1C. The van der Waals surface area contributed by atoms with Crippen molar-refractivity contribution in [1.82, 2.24) is 0 Å². The Morgan fingerprint density at radius 1 is 0.931 bits per heavy atom. The molecule has 1 aromatic carbocycles. The van der Waals surface area contributed by atoms with Crippen LogP contribution in [0.4, 0.5) is 11.4 Å². The molecule has 3 aromatic rings. The molecule has 0 radical (unpaired) electrons. The Hall–Kier alpha value is -1.88. The lowest BCUT2D eigenvalue weighted by molar-refractivity contribution is 0.599. The molecule has 0 saturated carbocycles. The van der Waals surface area contributed by atoms with E-state index in [9.17, 15) is 16.8 Å². The van der Waals surface area contributed by atoms with Crippen molar-refractivity contribution in [2.24, 2.45) is 0 Å². The molecule has 0 aliphatic carbocycles. The van der Waals surface area contributed by atoms with E-state index in [1.54, 1.807) is 36.6 Å². The van der Waals surface area contributed by atoms with Gasteiger partial charge in [-0.05, 0) is 68.0 Å². The molecule has 0 saturated heterocycles. The van der Waals surface area contributed by atoms with Gasteiger partial charge in [0.25, 0.3) is 20.0 Å². The van der Waals surface area contributed by atoms with Crippen molar-refractivity contribution in [2.45, 2.75) is 43.2 Å². The van der Waals surface area contributed by atoms with E-state index in [2.05, 4.69) is 9.44 Å². The van der Waals surface area contributed by atoms with E-state index in [4.69, 9.17) is 0 Å². The van der Waals surface area contributed by atoms with E-state index in [0.717, 1.165) is 27.3 Å². The van der Waals surface area contributed by atoms with Crippen LogP contribution in [0, 0.1) is 20.8 Å². The molecule has 0 amide bonds. The van der Waals surface area contributed by atoms with Gasteiger partial charge in [0.2, 0.25) is 0 Å². The Morgan fingerprint density at radius 2 is 1.59 bits per heavy atom. The van der Waals surface area contributed by atoms with Crippen molar-refractivity contribution >= 4 is 54.1 Å². The molecule has 0 unspecified atom stereocenters. The Morgan fingerprint density at radius 3 is 2.14 bits per heavy atom. The molecule has 29 heavy (non-hydrogen) atoms. The average Bonchev–Trinajstić information content (AvgIpc) is 3.27. The fourth-order valence-electron chi connectivity index (χ4n) is 2.99. The smallest absolute Gasteiger partial charge is 0.271 e. The molecule has 2 N–H and O–H groups in total. The van der Waals surface area contributed by atoms with E-state index < -0.39 is 20.0 Å². The Bertz CT molecular complexity index is 1240. The van der Waals surface area contributed by atoms with Crippen LogP contribution in [0.15, 0.2) is 44.8 Å². The molecule has 10 heteroatoms. The highest BCUT2D eigenvalue weighted by molar-refractivity contribution is 7.94. The van der Waals surface area contributed by atoms with Gasteiger partial charge >= 0.3 is 0 Å². The highest BCUT2D eigenvalue weighted by atomic mass is 32.2. The summed E-state index contributed by atoms with van der Waals surface area (Å²) in [6.07, 6.45) is 0.690. The quantitative estimate of drug-likeness (QED) is 0.514. The van der Waals surface area contributed by atoms with Gasteiger partial charge in [-0.15, -0.1) is 22.7 Å². The molecule has 0 spiro atoms. The minimum atomic E-state index is -3.86. The summed E-state index contributed by atoms with van der Waals surface area (Å²) in [7, 11) is -7.68. The van der Waals surface area contributed by atoms with Crippen molar-refractivity contribution in [2.75, 3.05) is 9.44 Å². The van der Waals surface area contributed by atoms with Gasteiger partial charge in [-0.25, -0.2) is 16.8 Å². The topological polar surface area (TPSA) is 92.3 Å². The molecule has 0 aliphatic heterocycles. The van der Waals surface area contributed by atoms with Gasteiger partial charge in [-0.2, -0.15) is 0 Å². The van der Waals surface area contributed by atoms with Crippen LogP contribution >= 0.6 is 22.7 Å². The molecule has 0 fully saturated rings. The molecular formula is C19H22N2O4S4. The van der Waals surface area contributed by atoms with Gasteiger partial charge in [0.15, 0.2) is 0 Å². The summed E-state index contributed by atoms with van der Waals surface area (Å²) >= 11 is 2.49. The van der Waals surface area contributed by atoms with Crippen LogP contribution in [0.3, 0.4) is 0 Å². The Balaban J connectivity index is 2.06. The minimum Gasteiger partial charge on any atom is -0.277 e. The molecule has 0 bridgehead atoms. The third-order valence-corrected chi connectivity index (χ3v) is 9.74. The Kier molecular flexibility index (Phi) is 6.09. The molecule has 0 atom stereocenters. The summed E-state index contributed by atoms with van der Waals surface area (Å²) in [5.74, 6) is 0. The van der Waals surface area contributed by atoms with Gasteiger partial charge in [-0.1, -0.05) is 13.0 Å². The van der Waals surface area contributed by atoms with Crippen LogP contribution < -0.4 is 9.44 Å². The van der Waals surface area contributed by atoms with Crippen LogP contribution in [-0.4, -0.2) is 16.8 Å². The first kappa shape index (κ1) is 21.8. The normalized spacial score (nSPS) is 12.1. The van der Waals surface area contributed by atoms with Crippen LogP contribution in [0.2, 0.25) is 0 Å². The second kappa shape index (κ2) is 8.10. The molecule has 156 valence electrons. The first-order valence-corrected chi connectivity index (χ1v) is 13.5. The molecule has 3 rings (SSSR count). The van der Waals surface area contributed by atoms with E-state index in [-0.39, 0.29) is 20.5 Å². The number of nitrogens with one attached hydrogen (secondary N) is 2. The van der Waals surface area contributed by atoms with Gasteiger partial charge in [0.1, 0.15) is 9.10 Å². The van der Waals surface area contributed by atoms with Gasteiger partial charge < -0.3 is 0 Å². The van der Waals surface area contributed by atoms with Gasteiger partial charge in [0, 0.05) is 9.75 Å². The van der Waals surface area contributed by atoms with E-state index >= 15 is 0 Å². The summed E-state index contributed by atoms with van der Waals surface area (Å²) in [5.41, 5.74) is 2.21. The summed E-state index contributed by atoms with van der Waals surface area (Å²) < 4.78 is 56.6. The maximum absolute atomic E-state index is 13.0. The maximum Gasteiger partial charge on any atom is 0.271 e. The number of aryl methyl sites for hydroxylation is 4. The third-order valence-electron chi connectivity index (χ3n) is 4.39. The molecule has 2 heterocycles. The van der Waals surface area contributed by atoms with E-state index in [1.807, 2.05) is 20.8 Å². The monoisotopic (exact) mass is 470 g/mol. The lowest BCUT2D eigenvalue weighted by Gasteiger charge is -2.17. The lowest BCUT2D eigenvalue weighted by atomic mass is 10.0. The summed E-state index contributed by atoms with van der Waals surface area (Å²) in [4.78, 5) is 1.77. The number of sulfonamides is 2. The van der Waals surface area contributed by atoms with Crippen molar-refractivity contribution in [3.63, 3.8) is 0 Å². The number of hydrogen-bond acceptors (Lipinski definition) is 6. The van der Waals surface area contributed by atoms with Crippen LogP contribution in [0.5, 0.6) is 0 Å². The lowest BCUT2D eigenvalue weighted by Crippen LogP contribution is -2.18. The Labute approximate surface area is 179 Å². The zero-order valence-corrected chi connectivity index (χ0v) is 19.7. The summed E-state index contributed by atoms with van der Waals surface area (Å²) in [6, 6.07) is 8.12. The number of benzene rings is 1. The van der Waals surface area contributed by atoms with Crippen LogP contribution in [-0.2, 0) is 26.5 Å². The summed E-state index contributed by atoms with van der Waals surface area (Å²) in [6.45, 7) is 7.42. The third kappa shape index (κ3) is 4.66. The molecular weight excluding hydrogens is 448 g/mol. The largest absolute Gasteiger partial charge is 0.277 e. The second-order valence-corrected chi connectivity index (χ2v) is 12.6. The van der Waals surface area contributed by atoms with Crippen molar-refractivity contribution in [1.29, 1.82) is 0 Å². The number of thiophene rings is 2. The van der Waals surface area contributed by atoms with Crippen molar-refractivity contribution < 1.29 is 16.8 Å². The second-order valence-electron chi connectivity index (χ2n) is 6.60. The zero-order chi connectivity index (χ0) is 21.4. The van der Waals surface area contributed by atoms with Crippen molar-refractivity contribution in [3.05, 3.63) is 56.6 Å². The fourth-order valence-corrected chi connectivity index (χ4v) is 7.68. The fraction of sp³-hybridized carbons (Fsp3) is 0.263. The highest BCUT2D eigenvalue weighted by Crippen LogP contribution is 2.33. The van der Waals surface area contributed by atoms with E-state index in [0.29, 0.717) is 11.3 Å². The van der Waals surface area contributed by atoms with Gasteiger partial charge in [-0.3, -0.25) is 9.44 Å². The molecule has 6 nitrogen and oxygen atoms in total. The highest BCUT2D eigenvalue weighted by Gasteiger charge is 2.23. The van der Waals surface area contributed by atoms with Gasteiger partial charge in [0.05, 0.1) is 11.4 Å². The zero-order valence-electron chi connectivity index (χ0n) is 16.4. The molecule has 2 aromatic heterocycles. The minimum absolute atomic E-state index is 0.160. The number of hydrogen-bond donors (Lipinski definition) is 2. The predicted octanol–water partition coefficient (Wildman–Crippen LogP) is 4.90. The number of rotatable bonds is 7. The first-order valence-electron chi connectivity index (χ1n) is 8.83. The van der Waals surface area contributed by atoms with Crippen molar-refractivity contribution in [3.8, 4) is 0 Å². The first-order chi connectivity index (χ1) is 13.5. The number of anilines is 2. The van der Waals surface area contributed by atoms with Crippen LogP contribution in [0.25, 0.3) is 0 Å². The van der Waals surface area contributed by atoms with E-state index in [1.165, 1.54) is 17.4 Å².